The quantitative estimate of drug-likeness (QED) is 0.863. The second kappa shape index (κ2) is 5.95. The summed E-state index contributed by atoms with van der Waals surface area (Å²) in [5.74, 6) is 0.340. The number of fused-ring (bicyclic) bond motifs is 1. The van der Waals surface area contributed by atoms with Crippen LogP contribution < -0.4 is 4.74 Å². The Morgan fingerprint density at radius 1 is 1.33 bits per heavy atom. The number of halogens is 3. The van der Waals surface area contributed by atoms with E-state index < -0.39 is 11.9 Å². The molecule has 5 heteroatoms. The van der Waals surface area contributed by atoms with Crippen molar-refractivity contribution in [2.75, 3.05) is 6.61 Å². The zero-order chi connectivity index (χ0) is 15.0. The monoisotopic (exact) mass is 370 g/mol. The summed E-state index contributed by atoms with van der Waals surface area (Å²) in [6.07, 6.45) is 0.137. The molecule has 110 valence electrons. The first-order valence-electron chi connectivity index (χ1n) is 6.61. The lowest BCUT2D eigenvalue weighted by Gasteiger charge is -2.15. The van der Waals surface area contributed by atoms with Crippen LogP contribution in [0.3, 0.4) is 0 Å². The molecule has 1 heterocycles. The van der Waals surface area contributed by atoms with E-state index in [2.05, 4.69) is 15.9 Å². The predicted molar refractivity (Wildman–Crippen MR) is 83.4 cm³/mol. The summed E-state index contributed by atoms with van der Waals surface area (Å²) in [6, 6.07) is 8.28. The molecule has 0 saturated heterocycles. The van der Waals surface area contributed by atoms with Gasteiger partial charge in [-0.3, -0.25) is 0 Å². The van der Waals surface area contributed by atoms with Gasteiger partial charge in [-0.05, 0) is 35.4 Å². The minimum absolute atomic E-state index is 0.265. The van der Waals surface area contributed by atoms with Crippen LogP contribution in [0.4, 0.5) is 4.39 Å². The van der Waals surface area contributed by atoms with E-state index in [0.29, 0.717) is 16.1 Å². The van der Waals surface area contributed by atoms with Crippen molar-refractivity contribution in [1.82, 2.24) is 0 Å². The van der Waals surface area contributed by atoms with E-state index in [4.69, 9.17) is 16.3 Å². The van der Waals surface area contributed by atoms with Gasteiger partial charge in [-0.25, -0.2) is 4.39 Å². The molecule has 0 amide bonds. The topological polar surface area (TPSA) is 29.5 Å². The van der Waals surface area contributed by atoms with Gasteiger partial charge in [0, 0.05) is 27.9 Å². The normalized spacial score (nSPS) is 14.7. The summed E-state index contributed by atoms with van der Waals surface area (Å²) in [6.45, 7) is 0.616. The summed E-state index contributed by atoms with van der Waals surface area (Å²) < 4.78 is 20.2. The Bertz CT molecular complexity index is 690. The van der Waals surface area contributed by atoms with E-state index in [0.717, 1.165) is 23.3 Å². The van der Waals surface area contributed by atoms with E-state index in [-0.39, 0.29) is 12.0 Å². The molecule has 0 spiro atoms. The van der Waals surface area contributed by atoms with Crippen molar-refractivity contribution in [3.8, 4) is 5.75 Å². The van der Waals surface area contributed by atoms with Gasteiger partial charge in [-0.2, -0.15) is 0 Å². The van der Waals surface area contributed by atoms with Crippen LogP contribution in [-0.4, -0.2) is 11.7 Å². The van der Waals surface area contributed by atoms with Crippen molar-refractivity contribution in [2.45, 2.75) is 18.9 Å². The highest BCUT2D eigenvalue weighted by atomic mass is 79.9. The second-order valence-electron chi connectivity index (χ2n) is 5.04. The Morgan fingerprint density at radius 2 is 2.14 bits per heavy atom. The fourth-order valence-corrected chi connectivity index (χ4v) is 3.18. The number of benzene rings is 2. The van der Waals surface area contributed by atoms with Crippen molar-refractivity contribution in [1.29, 1.82) is 0 Å². The molecule has 1 aliphatic rings. The van der Waals surface area contributed by atoms with Gasteiger partial charge in [0.25, 0.3) is 0 Å². The van der Waals surface area contributed by atoms with Crippen LogP contribution in [-0.2, 0) is 12.8 Å². The highest BCUT2D eigenvalue weighted by molar-refractivity contribution is 9.10. The largest absolute Gasteiger partial charge is 0.493 e. The molecule has 0 bridgehead atoms. The zero-order valence-corrected chi connectivity index (χ0v) is 13.4. The van der Waals surface area contributed by atoms with Crippen LogP contribution in [0.15, 0.2) is 34.8 Å². The molecule has 2 aromatic rings. The third-order valence-corrected chi connectivity index (χ3v) is 4.27. The van der Waals surface area contributed by atoms with Crippen LogP contribution >= 0.6 is 27.5 Å². The minimum atomic E-state index is -0.940. The van der Waals surface area contributed by atoms with Crippen LogP contribution in [0.1, 0.15) is 22.8 Å². The van der Waals surface area contributed by atoms with Crippen molar-refractivity contribution in [3.05, 3.63) is 62.3 Å². The van der Waals surface area contributed by atoms with Crippen LogP contribution in [0, 0.1) is 5.82 Å². The third-order valence-electron chi connectivity index (χ3n) is 3.56. The molecule has 0 saturated carbocycles. The molecule has 0 fully saturated rings. The Hall–Kier alpha value is -1.10. The maximum Gasteiger partial charge on any atom is 0.130 e. The summed E-state index contributed by atoms with van der Waals surface area (Å²) in [7, 11) is 0. The molecule has 0 aromatic heterocycles. The molecule has 3 rings (SSSR count). The molecular weight excluding hydrogens is 359 g/mol. The lowest BCUT2D eigenvalue weighted by molar-refractivity contribution is 0.172. The number of aliphatic hydroxyl groups is 1. The van der Waals surface area contributed by atoms with Crippen LogP contribution in [0.25, 0.3) is 0 Å². The maximum absolute atomic E-state index is 13.9. The molecule has 1 aliphatic heterocycles. The van der Waals surface area contributed by atoms with Gasteiger partial charge in [0.05, 0.1) is 12.7 Å². The average molecular weight is 372 g/mol. The van der Waals surface area contributed by atoms with Crippen molar-refractivity contribution in [2.24, 2.45) is 0 Å². The predicted octanol–water partition coefficient (Wildman–Crippen LogP) is 4.45. The molecule has 2 aromatic carbocycles. The SMILES string of the molecule is OC(Cc1cc(Cl)cc2c1OCC2)c1ccc(Br)cc1F. The van der Waals surface area contributed by atoms with Crippen molar-refractivity contribution >= 4 is 27.5 Å². The number of ether oxygens (including phenoxy) is 1. The molecule has 0 radical (unpaired) electrons. The Balaban J connectivity index is 1.90. The van der Waals surface area contributed by atoms with Crippen LogP contribution in [0.5, 0.6) is 5.75 Å². The first-order valence-corrected chi connectivity index (χ1v) is 7.79. The molecule has 1 N–H and O–H groups in total. The summed E-state index contributed by atoms with van der Waals surface area (Å²) in [4.78, 5) is 0. The molecule has 1 unspecified atom stereocenters. The molecule has 21 heavy (non-hydrogen) atoms. The van der Waals surface area contributed by atoms with Gasteiger partial charge >= 0.3 is 0 Å². The van der Waals surface area contributed by atoms with Gasteiger partial charge in [0.1, 0.15) is 11.6 Å². The van der Waals surface area contributed by atoms with Gasteiger partial charge in [-0.15, -0.1) is 0 Å². The van der Waals surface area contributed by atoms with Gasteiger partial charge in [0.15, 0.2) is 0 Å². The van der Waals surface area contributed by atoms with E-state index in [9.17, 15) is 9.50 Å². The lowest BCUT2D eigenvalue weighted by atomic mass is 9.98. The van der Waals surface area contributed by atoms with Gasteiger partial charge in [0.2, 0.25) is 0 Å². The zero-order valence-electron chi connectivity index (χ0n) is 11.1. The first-order chi connectivity index (χ1) is 10.0. The minimum Gasteiger partial charge on any atom is -0.493 e. The smallest absolute Gasteiger partial charge is 0.130 e. The third kappa shape index (κ3) is 3.07. The van der Waals surface area contributed by atoms with E-state index in [1.807, 2.05) is 6.07 Å². The summed E-state index contributed by atoms with van der Waals surface area (Å²) >= 11 is 9.30. The van der Waals surface area contributed by atoms with Gasteiger partial charge in [-0.1, -0.05) is 33.6 Å². The Kier molecular flexibility index (Phi) is 4.20. The molecule has 0 aliphatic carbocycles. The second-order valence-corrected chi connectivity index (χ2v) is 6.39. The van der Waals surface area contributed by atoms with E-state index >= 15 is 0 Å². The maximum atomic E-state index is 13.9. The van der Waals surface area contributed by atoms with E-state index in [1.54, 1.807) is 18.2 Å². The highest BCUT2D eigenvalue weighted by Gasteiger charge is 2.21. The number of aliphatic hydroxyl groups excluding tert-OH is 1. The Labute approximate surface area is 135 Å². The fraction of sp³-hybridized carbons (Fsp3) is 0.250. The molecule has 2 nitrogen and oxygen atoms in total. The Morgan fingerprint density at radius 3 is 2.90 bits per heavy atom. The summed E-state index contributed by atoms with van der Waals surface area (Å²) in [5.41, 5.74) is 2.12. The number of hydrogen-bond acceptors (Lipinski definition) is 2. The number of rotatable bonds is 3. The summed E-state index contributed by atoms with van der Waals surface area (Å²) in [5, 5.41) is 10.9. The molecule has 1 atom stereocenters. The van der Waals surface area contributed by atoms with Gasteiger partial charge < -0.3 is 9.84 Å². The van der Waals surface area contributed by atoms with Crippen molar-refractivity contribution < 1.29 is 14.2 Å². The standard InChI is InChI=1S/C16H13BrClFO2/c17-11-1-2-13(14(19)8-11)15(20)7-10-6-12(18)5-9-3-4-21-16(9)10/h1-2,5-6,8,15,20H,3-4,7H2. The fourth-order valence-electron chi connectivity index (χ4n) is 2.59. The van der Waals surface area contributed by atoms with Crippen LogP contribution in [0.2, 0.25) is 5.02 Å². The van der Waals surface area contributed by atoms with E-state index in [1.165, 1.54) is 6.07 Å². The van der Waals surface area contributed by atoms with Crippen molar-refractivity contribution in [3.63, 3.8) is 0 Å². The average Bonchev–Trinajstić information content (AvgIpc) is 2.86. The number of hydrogen-bond donors (Lipinski definition) is 1. The lowest BCUT2D eigenvalue weighted by Crippen LogP contribution is -2.05. The highest BCUT2D eigenvalue weighted by Crippen LogP contribution is 2.35. The first kappa shape index (κ1) is 14.8. The molecular formula is C16H13BrClFO2.